The molecular formula is C17H28ClN3O. The van der Waals surface area contributed by atoms with Gasteiger partial charge in [-0.3, -0.25) is 4.79 Å². The highest BCUT2D eigenvalue weighted by molar-refractivity contribution is 5.85. The number of carbonyl (C=O) groups excluding carboxylic acids is 1. The zero-order valence-corrected chi connectivity index (χ0v) is 14.2. The van der Waals surface area contributed by atoms with Gasteiger partial charge in [-0.05, 0) is 31.4 Å². The third kappa shape index (κ3) is 5.95. The van der Waals surface area contributed by atoms with E-state index >= 15 is 0 Å². The summed E-state index contributed by atoms with van der Waals surface area (Å²) in [5.74, 6) is 0.911. The van der Waals surface area contributed by atoms with Crippen molar-refractivity contribution in [1.82, 2.24) is 9.80 Å². The Labute approximate surface area is 140 Å². The van der Waals surface area contributed by atoms with Crippen LogP contribution in [0, 0.1) is 5.92 Å². The third-order valence-corrected chi connectivity index (χ3v) is 4.19. The summed E-state index contributed by atoms with van der Waals surface area (Å²) in [6.45, 7) is 4.34. The molecule has 0 unspecified atom stereocenters. The van der Waals surface area contributed by atoms with E-state index in [1.807, 2.05) is 4.90 Å². The van der Waals surface area contributed by atoms with E-state index in [-0.39, 0.29) is 18.3 Å². The van der Waals surface area contributed by atoms with Crippen LogP contribution in [0.1, 0.15) is 24.8 Å². The molecular weight excluding hydrogens is 298 g/mol. The molecule has 0 aliphatic carbocycles. The first-order valence-corrected chi connectivity index (χ1v) is 7.89. The zero-order valence-electron chi connectivity index (χ0n) is 13.4. The predicted molar refractivity (Wildman–Crippen MR) is 93.0 cm³/mol. The summed E-state index contributed by atoms with van der Waals surface area (Å²) in [6.07, 6.45) is 2.70. The molecule has 1 saturated heterocycles. The van der Waals surface area contributed by atoms with E-state index in [1.165, 1.54) is 5.56 Å². The van der Waals surface area contributed by atoms with E-state index < -0.39 is 0 Å². The van der Waals surface area contributed by atoms with Gasteiger partial charge in [-0.2, -0.15) is 0 Å². The van der Waals surface area contributed by atoms with Crippen molar-refractivity contribution in [3.8, 4) is 0 Å². The number of rotatable bonds is 6. The van der Waals surface area contributed by atoms with Crippen molar-refractivity contribution in [1.29, 1.82) is 0 Å². The number of nitrogens with two attached hydrogens (primary N) is 1. The lowest BCUT2D eigenvalue weighted by Crippen LogP contribution is -2.41. The molecule has 1 amide bonds. The van der Waals surface area contributed by atoms with Gasteiger partial charge in [0.15, 0.2) is 0 Å². The Hall–Kier alpha value is -1.10. The quantitative estimate of drug-likeness (QED) is 0.871. The van der Waals surface area contributed by atoms with Crippen molar-refractivity contribution in [2.75, 3.05) is 33.2 Å². The van der Waals surface area contributed by atoms with Crippen LogP contribution < -0.4 is 5.73 Å². The van der Waals surface area contributed by atoms with Crippen LogP contribution in [-0.4, -0.2) is 48.9 Å². The Morgan fingerprint density at radius 1 is 1.27 bits per heavy atom. The molecule has 2 N–H and O–H groups in total. The maximum Gasteiger partial charge on any atom is 0.223 e. The second-order valence-corrected chi connectivity index (χ2v) is 6.05. The Morgan fingerprint density at radius 2 is 1.91 bits per heavy atom. The largest absolute Gasteiger partial charge is 0.343 e. The Balaban J connectivity index is 0.00000242. The van der Waals surface area contributed by atoms with Gasteiger partial charge < -0.3 is 15.5 Å². The summed E-state index contributed by atoms with van der Waals surface area (Å²) >= 11 is 0. The van der Waals surface area contributed by atoms with Gasteiger partial charge in [0.1, 0.15) is 0 Å². The van der Waals surface area contributed by atoms with Crippen molar-refractivity contribution in [2.24, 2.45) is 11.7 Å². The van der Waals surface area contributed by atoms with Gasteiger partial charge in [-0.15, -0.1) is 12.4 Å². The second-order valence-electron chi connectivity index (χ2n) is 6.05. The number of hydrogen-bond acceptors (Lipinski definition) is 3. The van der Waals surface area contributed by atoms with Gasteiger partial charge in [0.05, 0.1) is 0 Å². The molecule has 0 bridgehead atoms. The highest BCUT2D eigenvalue weighted by atomic mass is 35.5. The fourth-order valence-corrected chi connectivity index (χ4v) is 3.05. The first-order valence-electron chi connectivity index (χ1n) is 7.89. The minimum atomic E-state index is 0. The summed E-state index contributed by atoms with van der Waals surface area (Å²) in [7, 11) is 2.18. The first kappa shape index (κ1) is 18.9. The summed E-state index contributed by atoms with van der Waals surface area (Å²) in [4.78, 5) is 16.2. The Bertz CT molecular complexity index is 433. The molecule has 124 valence electrons. The monoisotopic (exact) mass is 325 g/mol. The predicted octanol–water partition coefficient (Wildman–Crippen LogP) is 2.13. The fourth-order valence-electron chi connectivity index (χ4n) is 3.05. The van der Waals surface area contributed by atoms with Crippen LogP contribution >= 0.6 is 12.4 Å². The van der Waals surface area contributed by atoms with Crippen molar-refractivity contribution < 1.29 is 4.79 Å². The number of halogens is 1. The molecule has 1 aromatic rings. The molecule has 1 aliphatic heterocycles. The number of amides is 1. The zero-order chi connectivity index (χ0) is 15.1. The summed E-state index contributed by atoms with van der Waals surface area (Å²) < 4.78 is 0. The highest BCUT2D eigenvalue weighted by Crippen LogP contribution is 2.19. The topological polar surface area (TPSA) is 49.6 Å². The fraction of sp³-hybridized carbons (Fsp3) is 0.588. The van der Waals surface area contributed by atoms with Crippen LogP contribution in [0.15, 0.2) is 30.3 Å². The second kappa shape index (κ2) is 9.82. The summed E-state index contributed by atoms with van der Waals surface area (Å²) in [5.41, 5.74) is 6.81. The van der Waals surface area contributed by atoms with Gasteiger partial charge >= 0.3 is 0 Å². The molecule has 0 aromatic heterocycles. The number of piperidine rings is 1. The number of hydrogen-bond donors (Lipinski definition) is 1. The van der Waals surface area contributed by atoms with Crippen molar-refractivity contribution in [2.45, 2.75) is 25.8 Å². The Kier molecular flexibility index (Phi) is 8.46. The molecule has 1 aromatic carbocycles. The molecule has 5 heteroatoms. The lowest BCUT2D eigenvalue weighted by Gasteiger charge is -2.34. The lowest BCUT2D eigenvalue weighted by atomic mass is 9.96. The van der Waals surface area contributed by atoms with Crippen molar-refractivity contribution in [3.63, 3.8) is 0 Å². The molecule has 22 heavy (non-hydrogen) atoms. The van der Waals surface area contributed by atoms with E-state index in [0.29, 0.717) is 18.9 Å². The van der Waals surface area contributed by atoms with Gasteiger partial charge in [-0.1, -0.05) is 30.3 Å². The Morgan fingerprint density at radius 3 is 2.50 bits per heavy atom. The van der Waals surface area contributed by atoms with Gasteiger partial charge in [-0.25, -0.2) is 0 Å². The summed E-state index contributed by atoms with van der Waals surface area (Å²) in [6, 6.07) is 10.6. The SMILES string of the molecule is CN(Cc1ccccc1)CC1CCN(C(=O)CCN)CC1.Cl. The molecule has 0 saturated carbocycles. The van der Waals surface area contributed by atoms with Gasteiger partial charge in [0, 0.05) is 39.1 Å². The van der Waals surface area contributed by atoms with E-state index in [0.717, 1.165) is 39.0 Å². The highest BCUT2D eigenvalue weighted by Gasteiger charge is 2.23. The number of nitrogens with zero attached hydrogens (tertiary/aromatic N) is 2. The molecule has 2 rings (SSSR count). The van der Waals surface area contributed by atoms with Crippen LogP contribution in [-0.2, 0) is 11.3 Å². The minimum Gasteiger partial charge on any atom is -0.343 e. The van der Waals surface area contributed by atoms with Gasteiger partial charge in [0.2, 0.25) is 5.91 Å². The number of benzene rings is 1. The van der Waals surface area contributed by atoms with Crippen molar-refractivity contribution >= 4 is 18.3 Å². The molecule has 0 spiro atoms. The molecule has 4 nitrogen and oxygen atoms in total. The molecule has 1 heterocycles. The van der Waals surface area contributed by atoms with E-state index in [9.17, 15) is 4.79 Å². The van der Waals surface area contributed by atoms with Crippen LogP contribution in [0.5, 0.6) is 0 Å². The summed E-state index contributed by atoms with van der Waals surface area (Å²) in [5, 5.41) is 0. The normalized spacial score (nSPS) is 15.7. The first-order chi connectivity index (χ1) is 10.2. The van der Waals surface area contributed by atoms with E-state index in [4.69, 9.17) is 5.73 Å². The van der Waals surface area contributed by atoms with Crippen LogP contribution in [0.25, 0.3) is 0 Å². The van der Waals surface area contributed by atoms with Crippen LogP contribution in [0.3, 0.4) is 0 Å². The average Bonchev–Trinajstić information content (AvgIpc) is 2.49. The average molecular weight is 326 g/mol. The maximum atomic E-state index is 11.8. The lowest BCUT2D eigenvalue weighted by molar-refractivity contribution is -0.132. The molecule has 1 aliphatic rings. The smallest absolute Gasteiger partial charge is 0.223 e. The van der Waals surface area contributed by atoms with Crippen LogP contribution in [0.2, 0.25) is 0 Å². The molecule has 0 radical (unpaired) electrons. The number of carbonyl (C=O) groups is 1. The number of likely N-dealkylation sites (tertiary alicyclic amines) is 1. The molecule has 0 atom stereocenters. The van der Waals surface area contributed by atoms with E-state index in [2.05, 4.69) is 42.3 Å². The molecule has 1 fully saturated rings. The van der Waals surface area contributed by atoms with Crippen molar-refractivity contribution in [3.05, 3.63) is 35.9 Å². The maximum absolute atomic E-state index is 11.8. The van der Waals surface area contributed by atoms with Crippen LogP contribution in [0.4, 0.5) is 0 Å². The minimum absolute atomic E-state index is 0. The standard InChI is InChI=1S/C17H27N3O.ClH/c1-19(13-15-5-3-2-4-6-15)14-16-8-11-20(12-9-16)17(21)7-10-18;/h2-6,16H,7-14,18H2,1H3;1H. The van der Waals surface area contributed by atoms with Gasteiger partial charge in [0.25, 0.3) is 0 Å². The van der Waals surface area contributed by atoms with E-state index in [1.54, 1.807) is 0 Å². The third-order valence-electron chi connectivity index (χ3n) is 4.19.